The summed E-state index contributed by atoms with van der Waals surface area (Å²) in [7, 11) is 0. The zero-order chi connectivity index (χ0) is 13.0. The van der Waals surface area contributed by atoms with E-state index in [2.05, 4.69) is 0 Å². The van der Waals surface area contributed by atoms with Crippen LogP contribution in [0.3, 0.4) is 0 Å². The number of halogens is 1. The van der Waals surface area contributed by atoms with Gasteiger partial charge in [-0.05, 0) is 38.5 Å². The number of hydrogen-bond donors (Lipinski definition) is 0. The average molecular weight is 234 g/mol. The third-order valence-corrected chi connectivity index (χ3v) is 2.56. The van der Waals surface area contributed by atoms with Crippen molar-refractivity contribution in [1.82, 2.24) is 4.90 Å². The van der Waals surface area contributed by atoms with Gasteiger partial charge in [0.15, 0.2) is 0 Å². The molecule has 0 N–H and O–H groups in total. The normalized spacial score (nSPS) is 10.1. The summed E-state index contributed by atoms with van der Waals surface area (Å²) in [6, 6.07) is 5.94. The van der Waals surface area contributed by atoms with Gasteiger partial charge in [0.05, 0.1) is 6.07 Å². The van der Waals surface area contributed by atoms with Gasteiger partial charge in [0.1, 0.15) is 12.4 Å². The van der Waals surface area contributed by atoms with Crippen LogP contribution in [0, 0.1) is 24.1 Å². The van der Waals surface area contributed by atoms with Gasteiger partial charge in [-0.2, -0.15) is 5.26 Å². The molecule has 4 heteroatoms. The number of carbonyl (C=O) groups excluding carboxylic acids is 1. The summed E-state index contributed by atoms with van der Waals surface area (Å²) in [6.07, 6.45) is 0. The molecule has 1 rings (SSSR count). The quantitative estimate of drug-likeness (QED) is 0.754. The predicted molar refractivity (Wildman–Crippen MR) is 62.9 cm³/mol. The summed E-state index contributed by atoms with van der Waals surface area (Å²) in [6.45, 7) is 5.40. The highest BCUT2D eigenvalue weighted by Gasteiger charge is 2.20. The minimum atomic E-state index is -0.445. The number of amides is 1. The molecule has 0 radical (unpaired) electrons. The summed E-state index contributed by atoms with van der Waals surface area (Å²) >= 11 is 0. The van der Waals surface area contributed by atoms with Crippen molar-refractivity contribution in [3.05, 3.63) is 35.1 Å². The van der Waals surface area contributed by atoms with Crippen LogP contribution in [0.2, 0.25) is 0 Å². The van der Waals surface area contributed by atoms with Gasteiger partial charge < -0.3 is 4.90 Å². The molecule has 1 amide bonds. The van der Waals surface area contributed by atoms with Crippen LogP contribution in [-0.4, -0.2) is 23.4 Å². The van der Waals surface area contributed by atoms with E-state index < -0.39 is 5.82 Å². The number of rotatable bonds is 3. The standard InChI is InChI=1S/C13H15FN2O/c1-9(2)16(7-6-15)13(17)12-8-11(14)5-4-10(12)3/h4-5,8-9H,7H2,1-3H3. The zero-order valence-corrected chi connectivity index (χ0v) is 10.2. The molecular weight excluding hydrogens is 219 g/mol. The molecule has 0 spiro atoms. The Kier molecular flexibility index (Phi) is 4.22. The van der Waals surface area contributed by atoms with Crippen molar-refractivity contribution in [2.45, 2.75) is 26.8 Å². The maximum Gasteiger partial charge on any atom is 0.255 e. The molecule has 0 aliphatic heterocycles. The lowest BCUT2D eigenvalue weighted by molar-refractivity contribution is 0.0730. The Morgan fingerprint density at radius 2 is 2.18 bits per heavy atom. The summed E-state index contributed by atoms with van der Waals surface area (Å²) in [5, 5.41) is 8.69. The molecule has 3 nitrogen and oxygen atoms in total. The fraction of sp³-hybridized carbons (Fsp3) is 0.385. The summed E-state index contributed by atoms with van der Waals surface area (Å²) in [5.74, 6) is -0.752. The van der Waals surface area contributed by atoms with E-state index in [1.165, 1.54) is 17.0 Å². The monoisotopic (exact) mass is 234 g/mol. The molecule has 1 aromatic carbocycles. The topological polar surface area (TPSA) is 44.1 Å². The van der Waals surface area contributed by atoms with Crippen molar-refractivity contribution >= 4 is 5.91 Å². The van der Waals surface area contributed by atoms with Crippen LogP contribution < -0.4 is 0 Å². The molecule has 90 valence electrons. The highest BCUT2D eigenvalue weighted by atomic mass is 19.1. The number of carbonyl (C=O) groups is 1. The van der Waals surface area contributed by atoms with Crippen LogP contribution in [-0.2, 0) is 0 Å². The van der Waals surface area contributed by atoms with E-state index in [9.17, 15) is 9.18 Å². The first-order chi connectivity index (χ1) is 7.97. The van der Waals surface area contributed by atoms with E-state index in [-0.39, 0.29) is 18.5 Å². The summed E-state index contributed by atoms with van der Waals surface area (Å²) in [4.78, 5) is 13.6. The van der Waals surface area contributed by atoms with Crippen LogP contribution in [0.1, 0.15) is 29.8 Å². The van der Waals surface area contributed by atoms with Gasteiger partial charge >= 0.3 is 0 Å². The Morgan fingerprint density at radius 3 is 2.71 bits per heavy atom. The second-order valence-corrected chi connectivity index (χ2v) is 4.14. The van der Waals surface area contributed by atoms with E-state index in [0.717, 1.165) is 0 Å². The second-order valence-electron chi connectivity index (χ2n) is 4.14. The third-order valence-electron chi connectivity index (χ3n) is 2.56. The second kappa shape index (κ2) is 5.44. The molecule has 0 aromatic heterocycles. The fourth-order valence-electron chi connectivity index (χ4n) is 1.54. The van der Waals surface area contributed by atoms with E-state index >= 15 is 0 Å². The highest BCUT2D eigenvalue weighted by Crippen LogP contribution is 2.14. The van der Waals surface area contributed by atoms with Gasteiger partial charge in [-0.1, -0.05) is 6.07 Å². The zero-order valence-electron chi connectivity index (χ0n) is 10.2. The first-order valence-electron chi connectivity index (χ1n) is 5.41. The molecule has 0 aliphatic carbocycles. The van der Waals surface area contributed by atoms with Crippen molar-refractivity contribution < 1.29 is 9.18 Å². The van der Waals surface area contributed by atoms with Crippen molar-refractivity contribution in [2.24, 2.45) is 0 Å². The highest BCUT2D eigenvalue weighted by molar-refractivity contribution is 5.96. The Labute approximate surface area is 100 Å². The Hall–Kier alpha value is -1.89. The third kappa shape index (κ3) is 3.04. The SMILES string of the molecule is Cc1ccc(F)cc1C(=O)N(CC#N)C(C)C. The van der Waals surface area contributed by atoms with Crippen LogP contribution >= 0.6 is 0 Å². The Morgan fingerprint density at radius 1 is 1.53 bits per heavy atom. The number of aryl methyl sites for hydroxylation is 1. The summed E-state index contributed by atoms with van der Waals surface area (Å²) in [5.41, 5.74) is 1.02. The van der Waals surface area contributed by atoms with Crippen LogP contribution in [0.25, 0.3) is 0 Å². The first kappa shape index (κ1) is 13.2. The molecule has 0 unspecified atom stereocenters. The Bertz CT molecular complexity index is 463. The molecular formula is C13H15FN2O. The minimum absolute atomic E-state index is 0.00640. The maximum absolute atomic E-state index is 13.1. The van der Waals surface area contributed by atoms with Gasteiger partial charge in [-0.15, -0.1) is 0 Å². The van der Waals surface area contributed by atoms with Crippen molar-refractivity contribution in [2.75, 3.05) is 6.54 Å². The van der Waals surface area contributed by atoms with Gasteiger partial charge in [-0.3, -0.25) is 4.79 Å². The number of benzene rings is 1. The fourth-order valence-corrected chi connectivity index (χ4v) is 1.54. The van der Waals surface area contributed by atoms with Gasteiger partial charge in [0.2, 0.25) is 0 Å². The lowest BCUT2D eigenvalue weighted by Gasteiger charge is -2.24. The van der Waals surface area contributed by atoms with Gasteiger partial charge in [0.25, 0.3) is 5.91 Å². The Balaban J connectivity index is 3.10. The summed E-state index contributed by atoms with van der Waals surface area (Å²) < 4.78 is 13.1. The van der Waals surface area contributed by atoms with E-state index in [1.807, 2.05) is 19.9 Å². The van der Waals surface area contributed by atoms with Crippen molar-refractivity contribution in [3.63, 3.8) is 0 Å². The lowest BCUT2D eigenvalue weighted by atomic mass is 10.1. The van der Waals surface area contributed by atoms with Crippen LogP contribution in [0.4, 0.5) is 4.39 Å². The average Bonchev–Trinajstić information content (AvgIpc) is 2.28. The molecule has 0 saturated carbocycles. The molecule has 0 fully saturated rings. The molecule has 0 aliphatic rings. The largest absolute Gasteiger partial charge is 0.323 e. The first-order valence-corrected chi connectivity index (χ1v) is 5.41. The molecule has 0 heterocycles. The molecule has 17 heavy (non-hydrogen) atoms. The molecule has 1 aromatic rings. The van der Waals surface area contributed by atoms with Crippen molar-refractivity contribution in [1.29, 1.82) is 5.26 Å². The van der Waals surface area contributed by atoms with Crippen LogP contribution in [0.15, 0.2) is 18.2 Å². The van der Waals surface area contributed by atoms with Gasteiger partial charge in [-0.25, -0.2) is 4.39 Å². The molecule has 0 saturated heterocycles. The number of nitriles is 1. The van der Waals surface area contributed by atoms with E-state index in [0.29, 0.717) is 11.1 Å². The van der Waals surface area contributed by atoms with Crippen molar-refractivity contribution in [3.8, 4) is 6.07 Å². The molecule has 0 atom stereocenters. The minimum Gasteiger partial charge on any atom is -0.323 e. The van der Waals surface area contributed by atoms with Gasteiger partial charge in [0, 0.05) is 11.6 Å². The molecule has 0 bridgehead atoms. The lowest BCUT2D eigenvalue weighted by Crippen LogP contribution is -2.37. The smallest absolute Gasteiger partial charge is 0.255 e. The predicted octanol–water partition coefficient (Wildman–Crippen LogP) is 2.51. The number of nitrogens with zero attached hydrogens (tertiary/aromatic N) is 2. The number of hydrogen-bond acceptors (Lipinski definition) is 2. The van der Waals surface area contributed by atoms with E-state index in [4.69, 9.17) is 5.26 Å². The van der Waals surface area contributed by atoms with E-state index in [1.54, 1.807) is 13.0 Å². The maximum atomic E-state index is 13.1. The van der Waals surface area contributed by atoms with Crippen LogP contribution in [0.5, 0.6) is 0 Å².